The molecular weight excluding hydrogens is 414 g/mol. The zero-order valence-electron chi connectivity index (χ0n) is 18.1. The van der Waals surface area contributed by atoms with Crippen LogP contribution < -0.4 is 14.4 Å². The van der Waals surface area contributed by atoms with Crippen LogP contribution in [0.4, 0.5) is 5.13 Å². The van der Waals surface area contributed by atoms with Crippen molar-refractivity contribution in [2.24, 2.45) is 0 Å². The molecule has 1 aromatic heterocycles. The Labute approximate surface area is 186 Å². The highest BCUT2D eigenvalue weighted by molar-refractivity contribution is 7.22. The summed E-state index contributed by atoms with van der Waals surface area (Å²) >= 11 is 1.54. The van der Waals surface area contributed by atoms with E-state index >= 15 is 0 Å². The van der Waals surface area contributed by atoms with Gasteiger partial charge in [-0.05, 0) is 36.8 Å². The zero-order chi connectivity index (χ0) is 21.8. The number of ether oxygens (including phenoxy) is 3. The Morgan fingerprint density at radius 2 is 1.94 bits per heavy atom. The Bertz CT molecular complexity index is 1060. The van der Waals surface area contributed by atoms with Gasteiger partial charge in [0, 0.05) is 31.7 Å². The van der Waals surface area contributed by atoms with E-state index in [1.165, 1.54) is 0 Å². The molecule has 0 aliphatic carbocycles. The molecule has 4 rings (SSSR count). The van der Waals surface area contributed by atoms with E-state index in [9.17, 15) is 4.79 Å². The highest BCUT2D eigenvalue weighted by atomic mass is 32.1. The van der Waals surface area contributed by atoms with Crippen LogP contribution >= 0.6 is 11.3 Å². The van der Waals surface area contributed by atoms with Gasteiger partial charge in [0.2, 0.25) is 0 Å². The lowest BCUT2D eigenvalue weighted by atomic mass is 10.1. The molecule has 2 heterocycles. The van der Waals surface area contributed by atoms with Crippen LogP contribution in [0.25, 0.3) is 10.2 Å². The number of methoxy groups -OCH3 is 2. The van der Waals surface area contributed by atoms with Crippen LogP contribution in [-0.2, 0) is 4.74 Å². The maximum absolute atomic E-state index is 13.6. The molecule has 8 heteroatoms. The van der Waals surface area contributed by atoms with Crippen molar-refractivity contribution >= 4 is 32.6 Å². The van der Waals surface area contributed by atoms with Crippen molar-refractivity contribution in [3.63, 3.8) is 0 Å². The monoisotopic (exact) mass is 441 g/mol. The minimum Gasteiger partial charge on any atom is -0.493 e. The number of para-hydroxylation sites is 1. The molecule has 1 fully saturated rings. The normalized spacial score (nSPS) is 14.5. The van der Waals surface area contributed by atoms with Crippen molar-refractivity contribution in [2.45, 2.75) is 6.92 Å². The van der Waals surface area contributed by atoms with Crippen molar-refractivity contribution in [1.29, 1.82) is 0 Å². The fourth-order valence-electron chi connectivity index (χ4n) is 3.67. The fourth-order valence-corrected chi connectivity index (χ4v) is 4.73. The molecule has 1 saturated heterocycles. The number of hydrogen-bond acceptors (Lipinski definition) is 7. The highest BCUT2D eigenvalue weighted by Gasteiger charge is 2.24. The molecule has 7 nitrogen and oxygen atoms in total. The predicted octanol–water partition coefficient (Wildman–Crippen LogP) is 3.60. The number of hydrogen-bond donors (Lipinski definition) is 0. The number of nitrogens with zero attached hydrogens (tertiary/aromatic N) is 3. The third-order valence-corrected chi connectivity index (χ3v) is 6.50. The van der Waals surface area contributed by atoms with Crippen LogP contribution in [0.3, 0.4) is 0 Å². The van der Waals surface area contributed by atoms with Gasteiger partial charge < -0.3 is 14.2 Å². The van der Waals surface area contributed by atoms with E-state index in [1.54, 1.807) is 48.7 Å². The molecular formula is C23H27N3O4S. The highest BCUT2D eigenvalue weighted by Crippen LogP contribution is 2.33. The minimum absolute atomic E-state index is 0.106. The number of anilines is 1. The van der Waals surface area contributed by atoms with Gasteiger partial charge in [-0.15, -0.1) is 0 Å². The van der Waals surface area contributed by atoms with Crippen molar-refractivity contribution in [1.82, 2.24) is 9.88 Å². The van der Waals surface area contributed by atoms with Crippen LogP contribution in [0.5, 0.6) is 11.5 Å². The minimum atomic E-state index is -0.106. The van der Waals surface area contributed by atoms with Crippen LogP contribution in [0.15, 0.2) is 36.4 Å². The number of carbonyl (C=O) groups excluding carboxylic acids is 1. The van der Waals surface area contributed by atoms with Gasteiger partial charge in [0.1, 0.15) is 0 Å². The van der Waals surface area contributed by atoms with E-state index in [0.29, 0.717) is 28.7 Å². The second-order valence-corrected chi connectivity index (χ2v) is 8.41. The van der Waals surface area contributed by atoms with Crippen molar-refractivity contribution < 1.29 is 19.0 Å². The molecule has 164 valence electrons. The summed E-state index contributed by atoms with van der Waals surface area (Å²) in [7, 11) is 3.15. The summed E-state index contributed by atoms with van der Waals surface area (Å²) in [6, 6.07) is 11.4. The summed E-state index contributed by atoms with van der Waals surface area (Å²) in [6.45, 7) is 6.55. The lowest BCUT2D eigenvalue weighted by Gasteiger charge is -2.29. The van der Waals surface area contributed by atoms with E-state index in [-0.39, 0.29) is 5.91 Å². The zero-order valence-corrected chi connectivity index (χ0v) is 18.9. The standard InChI is InChI=1S/C23H27N3O4S/c1-16-5-4-6-20-21(16)24-23(31-20)26(10-9-25-11-13-30-14-12-25)22(27)17-7-8-18(28-2)19(15-17)29-3/h4-8,15H,9-14H2,1-3H3. The maximum atomic E-state index is 13.6. The van der Waals surface area contributed by atoms with Gasteiger partial charge in [-0.3, -0.25) is 14.6 Å². The molecule has 31 heavy (non-hydrogen) atoms. The largest absolute Gasteiger partial charge is 0.493 e. The van der Waals surface area contributed by atoms with Crippen LogP contribution in [0, 0.1) is 6.92 Å². The summed E-state index contributed by atoms with van der Waals surface area (Å²) in [4.78, 5) is 22.5. The van der Waals surface area contributed by atoms with Gasteiger partial charge in [0.25, 0.3) is 5.91 Å². The second-order valence-electron chi connectivity index (χ2n) is 7.40. The quantitative estimate of drug-likeness (QED) is 0.558. The van der Waals surface area contributed by atoms with Crippen LogP contribution in [0.2, 0.25) is 0 Å². The van der Waals surface area contributed by atoms with Crippen LogP contribution in [-0.4, -0.2) is 69.4 Å². The molecule has 2 aromatic carbocycles. The Morgan fingerprint density at radius 1 is 1.16 bits per heavy atom. The number of aromatic nitrogens is 1. The Balaban J connectivity index is 1.66. The molecule has 0 N–H and O–H groups in total. The first kappa shape index (κ1) is 21.5. The van der Waals surface area contributed by atoms with Gasteiger partial charge in [-0.2, -0.15) is 0 Å². The molecule has 0 bridgehead atoms. The third-order valence-electron chi connectivity index (χ3n) is 5.46. The Kier molecular flexibility index (Phi) is 6.70. The predicted molar refractivity (Wildman–Crippen MR) is 123 cm³/mol. The van der Waals surface area contributed by atoms with E-state index in [2.05, 4.69) is 4.90 Å². The third kappa shape index (κ3) is 4.66. The van der Waals surface area contributed by atoms with Gasteiger partial charge in [0.15, 0.2) is 16.6 Å². The van der Waals surface area contributed by atoms with E-state index in [4.69, 9.17) is 19.2 Å². The number of morpholine rings is 1. The van der Waals surface area contributed by atoms with Crippen molar-refractivity contribution in [3.05, 3.63) is 47.5 Å². The summed E-state index contributed by atoms with van der Waals surface area (Å²) in [6.07, 6.45) is 0. The molecule has 1 aliphatic rings. The summed E-state index contributed by atoms with van der Waals surface area (Å²) in [5.74, 6) is 1.02. The van der Waals surface area contributed by atoms with Crippen LogP contribution in [0.1, 0.15) is 15.9 Å². The molecule has 0 atom stereocenters. The Hall–Kier alpha value is -2.68. The average molecular weight is 442 g/mol. The number of thiazole rings is 1. The summed E-state index contributed by atoms with van der Waals surface area (Å²) < 4.78 is 17.2. The van der Waals surface area contributed by atoms with Gasteiger partial charge in [-0.1, -0.05) is 23.5 Å². The molecule has 3 aromatic rings. The van der Waals surface area contributed by atoms with Gasteiger partial charge in [0.05, 0.1) is 37.6 Å². The molecule has 0 saturated carbocycles. The first-order valence-corrected chi connectivity index (χ1v) is 11.1. The number of aryl methyl sites for hydroxylation is 1. The molecule has 0 spiro atoms. The fraction of sp³-hybridized carbons (Fsp3) is 0.391. The maximum Gasteiger partial charge on any atom is 0.260 e. The summed E-state index contributed by atoms with van der Waals surface area (Å²) in [5.41, 5.74) is 2.58. The number of fused-ring (bicyclic) bond motifs is 1. The molecule has 1 aliphatic heterocycles. The van der Waals surface area contributed by atoms with Crippen molar-refractivity contribution in [3.8, 4) is 11.5 Å². The summed E-state index contributed by atoms with van der Waals surface area (Å²) in [5, 5.41) is 0.706. The molecule has 0 radical (unpaired) electrons. The topological polar surface area (TPSA) is 64.1 Å². The second kappa shape index (κ2) is 9.64. The smallest absolute Gasteiger partial charge is 0.260 e. The molecule has 1 amide bonds. The van der Waals surface area contributed by atoms with E-state index in [1.807, 2.05) is 25.1 Å². The number of amides is 1. The lowest BCUT2D eigenvalue weighted by molar-refractivity contribution is 0.0391. The first-order valence-electron chi connectivity index (χ1n) is 10.3. The average Bonchev–Trinajstić information content (AvgIpc) is 3.24. The Morgan fingerprint density at radius 3 is 2.65 bits per heavy atom. The van der Waals surface area contributed by atoms with Gasteiger partial charge >= 0.3 is 0 Å². The van der Waals surface area contributed by atoms with E-state index in [0.717, 1.165) is 48.6 Å². The van der Waals surface area contributed by atoms with Crippen molar-refractivity contribution in [2.75, 3.05) is 58.5 Å². The van der Waals surface area contributed by atoms with Gasteiger partial charge in [-0.25, -0.2) is 4.98 Å². The number of benzene rings is 2. The SMILES string of the molecule is COc1ccc(C(=O)N(CCN2CCOCC2)c2nc3c(C)cccc3s2)cc1OC. The number of rotatable bonds is 7. The first-order chi connectivity index (χ1) is 15.1. The molecule has 0 unspecified atom stereocenters. The number of carbonyl (C=O) groups is 1. The van der Waals surface area contributed by atoms with E-state index < -0.39 is 0 Å². The lowest BCUT2D eigenvalue weighted by Crippen LogP contribution is -2.43.